The van der Waals surface area contributed by atoms with E-state index < -0.39 is 17.7 Å². The van der Waals surface area contributed by atoms with E-state index in [1.807, 2.05) is 20.8 Å². The van der Waals surface area contributed by atoms with E-state index in [-0.39, 0.29) is 11.9 Å². The molecule has 5 heteroatoms. The smallest absolute Gasteiger partial charge is 0.411 e. The van der Waals surface area contributed by atoms with Crippen molar-refractivity contribution in [1.29, 1.82) is 0 Å². The van der Waals surface area contributed by atoms with Gasteiger partial charge in [0, 0.05) is 12.5 Å². The molecular formula is C17H25NO4. The third kappa shape index (κ3) is 2.31. The predicted molar refractivity (Wildman–Crippen MR) is 81.1 cm³/mol. The zero-order valence-corrected chi connectivity index (χ0v) is 13.8. The highest BCUT2D eigenvalue weighted by molar-refractivity contribution is 5.83. The van der Waals surface area contributed by atoms with Crippen LogP contribution in [-0.4, -0.2) is 42.3 Å². The summed E-state index contributed by atoms with van der Waals surface area (Å²) in [5.41, 5.74) is 0.657. The Bertz CT molecular complexity index is 521. The average Bonchev–Trinajstić information content (AvgIpc) is 3.04. The number of amides is 1. The van der Waals surface area contributed by atoms with Crippen molar-refractivity contribution in [3.05, 3.63) is 12.2 Å². The lowest BCUT2D eigenvalue weighted by Crippen LogP contribution is -2.47. The number of carbonyl (C=O) groups excluding carboxylic acids is 2. The van der Waals surface area contributed by atoms with E-state index in [2.05, 4.69) is 6.58 Å². The Morgan fingerprint density at radius 3 is 2.59 bits per heavy atom. The summed E-state index contributed by atoms with van der Waals surface area (Å²) >= 11 is 0. The molecule has 0 aromatic heterocycles. The maximum atomic E-state index is 12.5. The number of carbonyl (C=O) groups is 2. The van der Waals surface area contributed by atoms with Gasteiger partial charge in [-0.05, 0) is 51.4 Å². The van der Waals surface area contributed by atoms with E-state index in [1.54, 1.807) is 4.90 Å². The van der Waals surface area contributed by atoms with E-state index in [4.69, 9.17) is 9.47 Å². The number of allylic oxidation sites excluding steroid dienone is 1. The molecule has 0 spiro atoms. The van der Waals surface area contributed by atoms with Crippen molar-refractivity contribution in [3.8, 4) is 0 Å². The van der Waals surface area contributed by atoms with Crippen LogP contribution in [0.1, 0.15) is 33.6 Å². The van der Waals surface area contributed by atoms with Crippen LogP contribution >= 0.6 is 0 Å². The van der Waals surface area contributed by atoms with Gasteiger partial charge < -0.3 is 9.47 Å². The molecule has 2 saturated carbocycles. The summed E-state index contributed by atoms with van der Waals surface area (Å²) in [5, 5.41) is 0. The molecule has 0 aromatic carbocycles. The summed E-state index contributed by atoms with van der Waals surface area (Å²) in [6.45, 7) is 10.3. The molecule has 1 aliphatic heterocycles. The van der Waals surface area contributed by atoms with Gasteiger partial charge in [-0.1, -0.05) is 12.2 Å². The fourth-order valence-electron chi connectivity index (χ4n) is 4.62. The van der Waals surface area contributed by atoms with Gasteiger partial charge in [-0.15, -0.1) is 0 Å². The largest absolute Gasteiger partial charge is 0.467 e. The Labute approximate surface area is 131 Å². The van der Waals surface area contributed by atoms with Crippen molar-refractivity contribution in [1.82, 2.24) is 4.90 Å². The molecule has 0 N–H and O–H groups in total. The predicted octanol–water partition coefficient (Wildman–Crippen LogP) is 2.61. The Balaban J connectivity index is 1.87. The molecule has 5 nitrogen and oxygen atoms in total. The minimum atomic E-state index is -0.571. The van der Waals surface area contributed by atoms with Crippen molar-refractivity contribution in [2.45, 2.75) is 45.3 Å². The maximum Gasteiger partial charge on any atom is 0.411 e. The summed E-state index contributed by atoms with van der Waals surface area (Å²) in [7, 11) is 1.38. The average molecular weight is 307 g/mol. The highest BCUT2D eigenvalue weighted by Crippen LogP contribution is 2.59. The second kappa shape index (κ2) is 5.00. The van der Waals surface area contributed by atoms with Gasteiger partial charge in [-0.25, -0.2) is 9.59 Å². The van der Waals surface area contributed by atoms with Crippen LogP contribution in [0.5, 0.6) is 0 Å². The van der Waals surface area contributed by atoms with Crippen LogP contribution in [0.3, 0.4) is 0 Å². The Hall–Kier alpha value is -1.52. The molecule has 1 saturated heterocycles. The zero-order chi connectivity index (χ0) is 16.2. The van der Waals surface area contributed by atoms with E-state index in [9.17, 15) is 9.59 Å². The molecular weight excluding hydrogens is 282 g/mol. The van der Waals surface area contributed by atoms with E-state index in [0.29, 0.717) is 24.3 Å². The Morgan fingerprint density at radius 2 is 2.00 bits per heavy atom. The highest BCUT2D eigenvalue weighted by Gasteiger charge is 2.61. The molecule has 2 aliphatic carbocycles. The number of fused-ring (bicyclic) bond motifs is 5. The van der Waals surface area contributed by atoms with Crippen LogP contribution in [0.4, 0.5) is 4.79 Å². The Morgan fingerprint density at radius 1 is 1.32 bits per heavy atom. The third-order valence-electron chi connectivity index (χ3n) is 5.35. The molecule has 3 rings (SSSR count). The fourth-order valence-corrected chi connectivity index (χ4v) is 4.62. The summed E-state index contributed by atoms with van der Waals surface area (Å²) in [6.07, 6.45) is 1.72. The molecule has 0 aromatic rings. The normalized spacial score (nSPS) is 36.5. The maximum absolute atomic E-state index is 12.5. The number of hydrogen-bond donors (Lipinski definition) is 0. The fraction of sp³-hybridized carbons (Fsp3) is 0.765. The van der Waals surface area contributed by atoms with Gasteiger partial charge in [0.2, 0.25) is 0 Å². The lowest BCUT2D eigenvalue weighted by molar-refractivity contribution is -0.147. The van der Waals surface area contributed by atoms with E-state index in [0.717, 1.165) is 12.8 Å². The number of rotatable bonds is 1. The number of nitrogens with zero attached hydrogens (tertiary/aromatic N) is 1. The Kier molecular flexibility index (Phi) is 3.49. The minimum absolute atomic E-state index is 0.145. The number of methoxy groups -OCH3 is 1. The van der Waals surface area contributed by atoms with Crippen LogP contribution in [0.2, 0.25) is 0 Å². The van der Waals surface area contributed by atoms with Gasteiger partial charge in [0.15, 0.2) is 0 Å². The molecule has 0 radical (unpaired) electrons. The second-order valence-electron chi connectivity index (χ2n) is 7.81. The summed E-state index contributed by atoms with van der Waals surface area (Å²) in [6, 6.07) is -0.531. The van der Waals surface area contributed by atoms with Gasteiger partial charge in [0.1, 0.15) is 11.6 Å². The van der Waals surface area contributed by atoms with Crippen LogP contribution in [0, 0.1) is 23.7 Å². The van der Waals surface area contributed by atoms with Gasteiger partial charge in [0.05, 0.1) is 7.11 Å². The first kappa shape index (κ1) is 15.4. The number of likely N-dealkylation sites (tertiary alicyclic amines) is 1. The molecule has 3 aliphatic rings. The first-order valence-electron chi connectivity index (χ1n) is 7.98. The van der Waals surface area contributed by atoms with Gasteiger partial charge in [-0.2, -0.15) is 0 Å². The van der Waals surface area contributed by atoms with Gasteiger partial charge >= 0.3 is 12.1 Å². The van der Waals surface area contributed by atoms with Crippen molar-refractivity contribution >= 4 is 12.1 Å². The van der Waals surface area contributed by atoms with E-state index >= 15 is 0 Å². The monoisotopic (exact) mass is 307 g/mol. The van der Waals surface area contributed by atoms with Crippen LogP contribution < -0.4 is 0 Å². The first-order chi connectivity index (χ1) is 10.2. The molecule has 1 amide bonds. The van der Waals surface area contributed by atoms with Crippen molar-refractivity contribution in [3.63, 3.8) is 0 Å². The SMILES string of the molecule is C=C1C[C@@H]2C[C@H]1[C@H]1[C@@H]2CN(C(=O)OC(C)(C)C)[C@@H]1C(=O)OC. The lowest BCUT2D eigenvalue weighted by atomic mass is 9.76. The van der Waals surface area contributed by atoms with Gasteiger partial charge in [0.25, 0.3) is 0 Å². The number of esters is 1. The standard InChI is InChI=1S/C17H25NO4/c1-9-6-10-7-11(9)13-12(10)8-18(14(13)15(19)21-5)16(20)22-17(2,3)4/h10-14H,1,6-8H2,2-5H3/t10-,11-,12-,13+,14+/m1/s1. The summed E-state index contributed by atoms with van der Waals surface area (Å²) < 4.78 is 10.5. The molecule has 22 heavy (non-hydrogen) atoms. The highest BCUT2D eigenvalue weighted by atomic mass is 16.6. The lowest BCUT2D eigenvalue weighted by Gasteiger charge is -2.31. The van der Waals surface area contributed by atoms with Gasteiger partial charge in [-0.3, -0.25) is 4.90 Å². The minimum Gasteiger partial charge on any atom is -0.467 e. The van der Waals surface area contributed by atoms with E-state index in [1.165, 1.54) is 12.7 Å². The first-order valence-corrected chi connectivity index (χ1v) is 7.98. The molecule has 1 heterocycles. The van der Waals surface area contributed by atoms with Crippen LogP contribution in [-0.2, 0) is 14.3 Å². The number of ether oxygens (including phenoxy) is 2. The molecule has 2 bridgehead atoms. The number of hydrogen-bond acceptors (Lipinski definition) is 4. The topological polar surface area (TPSA) is 55.8 Å². The quantitative estimate of drug-likeness (QED) is 0.552. The molecule has 3 fully saturated rings. The third-order valence-corrected chi connectivity index (χ3v) is 5.35. The van der Waals surface area contributed by atoms with Crippen molar-refractivity contribution in [2.24, 2.45) is 23.7 Å². The molecule has 0 unspecified atom stereocenters. The zero-order valence-electron chi connectivity index (χ0n) is 13.8. The summed E-state index contributed by atoms with van der Waals surface area (Å²) in [5.74, 6) is 1.06. The van der Waals surface area contributed by atoms with Crippen LogP contribution in [0.15, 0.2) is 12.2 Å². The molecule has 122 valence electrons. The summed E-state index contributed by atoms with van der Waals surface area (Å²) in [4.78, 5) is 26.4. The second-order valence-corrected chi connectivity index (χ2v) is 7.81. The van der Waals surface area contributed by atoms with Crippen LogP contribution in [0.25, 0.3) is 0 Å². The van der Waals surface area contributed by atoms with Crippen molar-refractivity contribution < 1.29 is 19.1 Å². The molecule has 5 atom stereocenters. The van der Waals surface area contributed by atoms with Crippen molar-refractivity contribution in [2.75, 3.05) is 13.7 Å².